The normalized spacial score (nSPS) is 13.0. The molecular weight excluding hydrogens is 422 g/mol. The molecule has 2 aromatic carbocycles. The summed E-state index contributed by atoms with van der Waals surface area (Å²) in [5, 5.41) is 0.291. The van der Waals surface area contributed by atoms with Gasteiger partial charge < -0.3 is 9.15 Å². The highest BCUT2D eigenvalue weighted by Crippen LogP contribution is 2.23. The molecule has 1 aliphatic heterocycles. The first-order chi connectivity index (χ1) is 15.0. The molecule has 1 aromatic heterocycles. The summed E-state index contributed by atoms with van der Waals surface area (Å²) >= 11 is 5.74. The number of amides is 2. The minimum Gasteiger partial charge on any atom is -0.462 e. The van der Waals surface area contributed by atoms with E-state index < -0.39 is 5.97 Å². The Labute approximate surface area is 182 Å². The lowest BCUT2D eigenvalue weighted by Gasteiger charge is -2.13. The molecule has 158 valence electrons. The van der Waals surface area contributed by atoms with E-state index in [9.17, 15) is 19.2 Å². The van der Waals surface area contributed by atoms with Gasteiger partial charge in [0.1, 0.15) is 22.6 Å². The number of imide groups is 1. The fraction of sp³-hybridized carbons (Fsp3) is 0.217. The third-order valence-corrected chi connectivity index (χ3v) is 5.34. The number of halogens is 1. The first kappa shape index (κ1) is 20.8. The summed E-state index contributed by atoms with van der Waals surface area (Å²) < 4.78 is 10.6. The molecule has 1 aliphatic rings. The number of fused-ring (bicyclic) bond motifs is 2. The summed E-state index contributed by atoms with van der Waals surface area (Å²) in [5.74, 6) is -0.695. The predicted octanol–water partition coefficient (Wildman–Crippen LogP) is 4.21. The average Bonchev–Trinajstić information content (AvgIpc) is 3.01. The lowest BCUT2D eigenvalue weighted by molar-refractivity contribution is -0.134. The quantitative estimate of drug-likeness (QED) is 0.237. The number of hydrogen-bond donors (Lipinski definition) is 0. The Bertz CT molecular complexity index is 1210. The van der Waals surface area contributed by atoms with Crippen LogP contribution in [0, 0.1) is 0 Å². The number of ether oxygens (including phenoxy) is 1. The predicted molar refractivity (Wildman–Crippen MR) is 113 cm³/mol. The number of carbonyl (C=O) groups excluding carboxylic acids is 3. The Morgan fingerprint density at radius 3 is 2.39 bits per heavy atom. The zero-order chi connectivity index (χ0) is 22.0. The van der Waals surface area contributed by atoms with Crippen LogP contribution in [-0.2, 0) is 4.79 Å². The Kier molecular flexibility index (Phi) is 5.86. The van der Waals surface area contributed by atoms with E-state index in [0.29, 0.717) is 42.3 Å². The van der Waals surface area contributed by atoms with Crippen molar-refractivity contribution in [2.75, 3.05) is 6.54 Å². The highest BCUT2D eigenvalue weighted by atomic mass is 35.5. The van der Waals surface area contributed by atoms with Gasteiger partial charge in [-0.2, -0.15) is 0 Å². The zero-order valence-corrected chi connectivity index (χ0v) is 17.2. The molecule has 0 fully saturated rings. The number of esters is 1. The topological polar surface area (TPSA) is 93.9 Å². The monoisotopic (exact) mass is 439 g/mol. The number of carbonyl (C=O) groups is 3. The van der Waals surface area contributed by atoms with Gasteiger partial charge >= 0.3 is 5.97 Å². The van der Waals surface area contributed by atoms with Crippen LogP contribution in [0.2, 0.25) is 5.02 Å². The van der Waals surface area contributed by atoms with E-state index >= 15 is 0 Å². The van der Waals surface area contributed by atoms with Gasteiger partial charge in [0.2, 0.25) is 5.43 Å². The molecule has 0 saturated heterocycles. The lowest BCUT2D eigenvalue weighted by atomic mass is 10.1. The molecule has 0 saturated carbocycles. The van der Waals surface area contributed by atoms with Crippen molar-refractivity contribution >= 4 is 40.4 Å². The zero-order valence-electron chi connectivity index (χ0n) is 16.4. The van der Waals surface area contributed by atoms with Gasteiger partial charge in [-0.1, -0.05) is 30.2 Å². The lowest BCUT2D eigenvalue weighted by Crippen LogP contribution is -2.30. The van der Waals surface area contributed by atoms with Gasteiger partial charge in [0, 0.05) is 19.0 Å². The van der Waals surface area contributed by atoms with Gasteiger partial charge in [0.05, 0.1) is 16.5 Å². The highest BCUT2D eigenvalue weighted by molar-refractivity contribution is 6.30. The molecule has 0 N–H and O–H groups in total. The first-order valence-corrected chi connectivity index (χ1v) is 10.2. The van der Waals surface area contributed by atoms with Gasteiger partial charge in [0.15, 0.2) is 0 Å². The minimum atomic E-state index is -0.420. The van der Waals surface area contributed by atoms with Crippen LogP contribution in [0.5, 0.6) is 5.75 Å². The van der Waals surface area contributed by atoms with Gasteiger partial charge in [-0.15, -0.1) is 0 Å². The molecule has 0 atom stereocenters. The number of rotatable bonds is 7. The molecule has 31 heavy (non-hydrogen) atoms. The Balaban J connectivity index is 1.24. The number of nitrogens with zero attached hydrogens (tertiary/aromatic N) is 1. The van der Waals surface area contributed by atoms with E-state index in [1.807, 2.05) is 0 Å². The van der Waals surface area contributed by atoms with Crippen molar-refractivity contribution in [1.29, 1.82) is 0 Å². The SMILES string of the molecule is O=C(CCCCCN1C(=O)c2ccccc2C1=O)Oc1ccc2c(=O)c(Cl)coc2c1. The van der Waals surface area contributed by atoms with Crippen molar-refractivity contribution in [3.63, 3.8) is 0 Å². The van der Waals surface area contributed by atoms with Crippen LogP contribution < -0.4 is 10.2 Å². The smallest absolute Gasteiger partial charge is 0.311 e. The standard InChI is InChI=1S/C23H18ClNO6/c24-18-13-30-19-12-14(9-10-17(19)21(18)27)31-20(26)8-2-1-5-11-25-22(28)15-6-3-4-7-16(15)23(25)29/h3-4,6-7,9-10,12-13H,1-2,5,8,11H2. The maximum atomic E-state index is 12.3. The molecule has 4 rings (SSSR count). The summed E-state index contributed by atoms with van der Waals surface area (Å²) in [6, 6.07) is 11.2. The van der Waals surface area contributed by atoms with E-state index in [-0.39, 0.29) is 40.0 Å². The maximum Gasteiger partial charge on any atom is 0.311 e. The molecule has 0 unspecified atom stereocenters. The average molecular weight is 440 g/mol. The molecule has 0 aliphatic carbocycles. The van der Waals surface area contributed by atoms with E-state index in [1.165, 1.54) is 23.1 Å². The second kappa shape index (κ2) is 8.73. The molecule has 3 aromatic rings. The fourth-order valence-electron chi connectivity index (χ4n) is 3.49. The summed E-state index contributed by atoms with van der Waals surface area (Å²) in [6.45, 7) is 0.313. The summed E-state index contributed by atoms with van der Waals surface area (Å²) in [7, 11) is 0. The number of unbranched alkanes of at least 4 members (excludes halogenated alkanes) is 2. The second-order valence-electron chi connectivity index (χ2n) is 7.16. The Hall–Kier alpha value is -3.45. The van der Waals surface area contributed by atoms with Crippen LogP contribution in [0.15, 0.2) is 57.9 Å². The molecule has 2 amide bonds. The van der Waals surface area contributed by atoms with Crippen molar-refractivity contribution < 1.29 is 23.5 Å². The van der Waals surface area contributed by atoms with Crippen molar-refractivity contribution in [1.82, 2.24) is 4.90 Å². The Morgan fingerprint density at radius 2 is 1.68 bits per heavy atom. The van der Waals surface area contributed by atoms with Gasteiger partial charge in [-0.05, 0) is 37.1 Å². The van der Waals surface area contributed by atoms with Crippen LogP contribution in [0.25, 0.3) is 11.0 Å². The molecule has 0 bridgehead atoms. The van der Waals surface area contributed by atoms with E-state index in [0.717, 1.165) is 6.26 Å². The van der Waals surface area contributed by atoms with Crippen molar-refractivity contribution in [2.45, 2.75) is 25.7 Å². The third-order valence-electron chi connectivity index (χ3n) is 5.08. The molecule has 0 spiro atoms. The van der Waals surface area contributed by atoms with Crippen LogP contribution in [0.3, 0.4) is 0 Å². The Morgan fingerprint density at radius 1 is 0.968 bits per heavy atom. The van der Waals surface area contributed by atoms with Crippen molar-refractivity contribution in [3.05, 3.63) is 75.1 Å². The van der Waals surface area contributed by atoms with Crippen LogP contribution in [0.1, 0.15) is 46.4 Å². The van der Waals surface area contributed by atoms with Crippen LogP contribution >= 0.6 is 11.6 Å². The van der Waals surface area contributed by atoms with Crippen LogP contribution in [-0.4, -0.2) is 29.2 Å². The molecule has 2 heterocycles. The third kappa shape index (κ3) is 4.22. The molecule has 0 radical (unpaired) electrons. The molecular formula is C23H18ClNO6. The van der Waals surface area contributed by atoms with Crippen molar-refractivity contribution in [3.8, 4) is 5.75 Å². The van der Waals surface area contributed by atoms with E-state index in [2.05, 4.69) is 0 Å². The van der Waals surface area contributed by atoms with E-state index in [1.54, 1.807) is 24.3 Å². The summed E-state index contributed by atoms with van der Waals surface area (Å²) in [5.41, 5.74) is 0.800. The van der Waals surface area contributed by atoms with Crippen LogP contribution in [0.4, 0.5) is 0 Å². The highest BCUT2D eigenvalue weighted by Gasteiger charge is 2.34. The number of benzene rings is 2. The van der Waals surface area contributed by atoms with Gasteiger partial charge in [0.25, 0.3) is 11.8 Å². The second-order valence-corrected chi connectivity index (χ2v) is 7.57. The fourth-order valence-corrected chi connectivity index (χ4v) is 3.64. The summed E-state index contributed by atoms with van der Waals surface area (Å²) in [4.78, 5) is 49.9. The van der Waals surface area contributed by atoms with E-state index in [4.69, 9.17) is 20.8 Å². The molecule has 8 heteroatoms. The molecule has 7 nitrogen and oxygen atoms in total. The first-order valence-electron chi connectivity index (χ1n) is 9.82. The maximum absolute atomic E-state index is 12.3. The van der Waals surface area contributed by atoms with Gasteiger partial charge in [-0.3, -0.25) is 24.1 Å². The largest absolute Gasteiger partial charge is 0.462 e. The summed E-state index contributed by atoms with van der Waals surface area (Å²) in [6.07, 6.45) is 3.14. The minimum absolute atomic E-state index is 0.0153. The van der Waals surface area contributed by atoms with Gasteiger partial charge in [-0.25, -0.2) is 0 Å². The van der Waals surface area contributed by atoms with Crippen molar-refractivity contribution in [2.24, 2.45) is 0 Å². The number of hydrogen-bond acceptors (Lipinski definition) is 6.